The third kappa shape index (κ3) is 20.3. The molecule has 16 nitrogen and oxygen atoms in total. The lowest BCUT2D eigenvalue weighted by molar-refractivity contribution is -0.385. The number of carbonyl (C=O) groups excluding carboxylic acids is 2. The number of nitrogens with one attached hydrogen (secondary N) is 3. The van der Waals surface area contributed by atoms with Gasteiger partial charge in [0.1, 0.15) is 18.1 Å². The molecule has 48 heteroatoms. The van der Waals surface area contributed by atoms with E-state index in [-0.39, 0.29) is 18.2 Å². The van der Waals surface area contributed by atoms with E-state index in [0.717, 1.165) is 47.9 Å². The first-order valence-electron chi connectivity index (χ1n) is 24.1. The first-order valence-corrected chi connectivity index (χ1v) is 24.1. The number of benzene rings is 3. The number of aromatic hydroxyl groups is 1. The average molecular weight is 987 g/mol. The van der Waals surface area contributed by atoms with Gasteiger partial charge in [-0.15, -0.1) is 0 Å². The van der Waals surface area contributed by atoms with Crippen molar-refractivity contribution in [2.45, 2.75) is 13.1 Å². The molecule has 2 amide bonds. The smallest absolute Gasteiger partial charge is 0.407 e. The second-order valence-electron chi connectivity index (χ2n) is 18.3. The minimum atomic E-state index is -1.11. The number of phenols is 1. The summed E-state index contributed by atoms with van der Waals surface area (Å²) in [4.78, 5) is 47.2. The molecule has 0 bridgehead atoms. The van der Waals surface area contributed by atoms with Crippen LogP contribution in [-0.4, -0.2) is 286 Å². The number of rotatable bonds is 19. The van der Waals surface area contributed by atoms with Crippen LogP contribution < -0.4 is 25.0 Å². The van der Waals surface area contributed by atoms with Crippen LogP contribution in [0.25, 0.3) is 9.69 Å². The van der Waals surface area contributed by atoms with Crippen molar-refractivity contribution in [3.05, 3.63) is 111 Å². The summed E-state index contributed by atoms with van der Waals surface area (Å²) in [5.74, 6) is 0.863. The zero-order chi connectivity index (χ0) is 59.4. The number of imidazole rings is 1. The number of phenolic OH excluding ortho intramolecular Hbond substituents is 1. The fourth-order valence-corrected chi connectivity index (χ4v) is 9.16. The number of alkyl carbamates (subject to hydrolysis) is 1. The Morgan fingerprint density at radius 1 is 0.747 bits per heavy atom. The van der Waals surface area contributed by atoms with Crippen molar-refractivity contribution in [2.24, 2.45) is 0 Å². The van der Waals surface area contributed by atoms with E-state index < -0.39 is 118 Å². The van der Waals surface area contributed by atoms with Crippen LogP contribution in [0.4, 0.5) is 33.2 Å². The highest BCUT2D eigenvalue weighted by atomic mass is 16.6. The van der Waals surface area contributed by atoms with Gasteiger partial charge < -0.3 is 39.8 Å². The number of methoxy groups -OCH3 is 1. The van der Waals surface area contributed by atoms with Gasteiger partial charge in [0.2, 0.25) is 0 Å². The van der Waals surface area contributed by atoms with Gasteiger partial charge in [-0.3, -0.25) is 14.9 Å². The van der Waals surface area contributed by atoms with Crippen molar-refractivity contribution >= 4 is 268 Å². The van der Waals surface area contributed by atoms with Gasteiger partial charge in [0, 0.05) is 246 Å². The predicted molar refractivity (Wildman–Crippen MR) is 353 cm³/mol. The number of hydrogen-bond acceptors (Lipinski definition) is 10. The minimum Gasteiger partial charge on any atom is -0.502 e. The summed E-state index contributed by atoms with van der Waals surface area (Å²) in [6, 6.07) is 14.3. The largest absolute Gasteiger partial charge is 0.502 e. The Hall–Kier alpha value is -4.73. The number of anilines is 2. The van der Waals surface area contributed by atoms with Gasteiger partial charge in [-0.25, -0.2) is 19.5 Å². The van der Waals surface area contributed by atoms with E-state index in [9.17, 15) is 19.7 Å². The Balaban J connectivity index is 0.000000298. The summed E-state index contributed by atoms with van der Waals surface area (Å²) in [6.45, 7) is 16.0. The fraction of sp³-hybridized carbons (Fsp3) is 0.194. The maximum absolute atomic E-state index is 11.2. The zero-order valence-electron chi connectivity index (χ0n) is 43.4. The fourth-order valence-electron chi connectivity index (χ4n) is 9.16. The molecule has 3 heterocycles. The second-order valence-corrected chi connectivity index (χ2v) is 18.3. The molecule has 0 fully saturated rings. The van der Waals surface area contributed by atoms with Crippen LogP contribution in [0.3, 0.4) is 0 Å². The van der Waals surface area contributed by atoms with Crippen LogP contribution in [0.1, 0.15) is 11.3 Å². The average Bonchev–Trinajstić information content (AvgIpc) is 3.94. The third-order valence-corrected chi connectivity index (χ3v) is 12.8. The molecule has 4 N–H and O–H groups in total. The van der Waals surface area contributed by atoms with Gasteiger partial charge in [0.25, 0.3) is 5.91 Å². The first kappa shape index (κ1) is 68.5. The lowest BCUT2D eigenvalue weighted by atomic mass is 8.30. The van der Waals surface area contributed by atoms with Crippen LogP contribution in [-0.2, 0) is 22.6 Å². The van der Waals surface area contributed by atoms with Crippen LogP contribution in [0, 0.1) is 23.3 Å². The van der Waals surface area contributed by atoms with Crippen molar-refractivity contribution in [3.63, 3.8) is 0 Å². The first-order chi connectivity index (χ1) is 37.2. The van der Waals surface area contributed by atoms with Gasteiger partial charge in [0.05, 0.1) is 61.7 Å². The van der Waals surface area contributed by atoms with Crippen LogP contribution in [0.5, 0.6) is 17.2 Å². The normalized spacial score (nSPS) is 11.1. The molecule has 4 aromatic rings. The maximum Gasteiger partial charge on any atom is 0.407 e. The Kier molecular flexibility index (Phi) is 28.9. The molecule has 0 atom stereocenters. The highest BCUT2D eigenvalue weighted by Gasteiger charge is 2.53. The maximum atomic E-state index is 11.2. The summed E-state index contributed by atoms with van der Waals surface area (Å²) in [6.07, 6.45) is -12.1. The van der Waals surface area contributed by atoms with Gasteiger partial charge in [-0.05, 0) is 35.9 Å². The molecule has 79 heavy (non-hydrogen) atoms. The SMILES string of the molecule is COC(=O)NCc1ccc2c(c1)N(Cc1cnc[nH]1)CCO2.[B]B([B])B([B])B(B([B])[B])B(B(B([B])[B])B([B])[B])B(B(B([B])[B])B([B])[B])B(B([B])[B])B([B])[B].[C-]#[N+]c1ccc(O)c([N+](=O)[O-])c1.[C-]#[N+]c1ccc2c(c1)NC(=O)CO2. The Morgan fingerprint density at radius 2 is 1.27 bits per heavy atom. The molecule has 0 spiro atoms. The second kappa shape index (κ2) is 33.3. The molecular formula is C31H28B32N8O8. The summed E-state index contributed by atoms with van der Waals surface area (Å²) in [7, 11) is 105. The summed E-state index contributed by atoms with van der Waals surface area (Å²) < 4.78 is 15.4. The number of carbonyl (C=O) groups is 2. The number of fused-ring (bicyclic) bond motifs is 2. The number of aromatic nitrogens is 2. The van der Waals surface area contributed by atoms with E-state index in [1.807, 2.05) is 24.4 Å². The lowest BCUT2D eigenvalue weighted by Crippen LogP contribution is -2.89. The molecule has 0 saturated carbocycles. The molecule has 1 aromatic heterocycles. The van der Waals surface area contributed by atoms with Gasteiger partial charge >= 0.3 is 11.8 Å². The van der Waals surface area contributed by atoms with Gasteiger partial charge in [-0.2, -0.15) is 0 Å². The predicted octanol–water partition coefficient (Wildman–Crippen LogP) is -7.10. The molecule has 2 aliphatic rings. The monoisotopic (exact) mass is 993 g/mol. The standard InChI is InChI=1S/C15H18N4O3.C9H6N2O2.C7H4N2O3.B32/c1-21-15(20)17-7-11-2-3-14-13(6-11)19(4-5-22-14)9-12-8-16-10-18-12;1-10-6-2-3-8-7(4-6)11-9(12)5-13-8;1-8-5-2-3-7(10)6(4-5)9(11)12;1-18(2)26(17)30(25(15)16)32(29(23(11)12)24(13)14)31(27(19(3)4)20(5)6)28(21(7)8)22(9)10/h2-3,6,8,10H,4-5,7,9H2,1H3,(H,16,18)(H,17,20);2-4H,5H2,(H,11,12);2-4,10H;. The van der Waals surface area contributed by atoms with Crippen molar-refractivity contribution < 1.29 is 33.8 Å². The van der Waals surface area contributed by atoms with E-state index in [2.05, 4.69) is 39.9 Å². The molecule has 336 valence electrons. The van der Waals surface area contributed by atoms with Crippen LogP contribution >= 0.6 is 0 Å². The molecule has 0 unspecified atom stereocenters. The number of ether oxygens (including phenoxy) is 3. The topological polar surface area (TPSA) is 190 Å². The van der Waals surface area contributed by atoms with Crippen LogP contribution in [0.2, 0.25) is 0 Å². The Labute approximate surface area is 492 Å². The number of nitro groups is 1. The molecule has 2 aliphatic heterocycles. The van der Waals surface area contributed by atoms with Crippen molar-refractivity contribution in [1.82, 2.24) is 15.3 Å². The number of nitrogens with zero attached hydrogens (tertiary/aromatic N) is 5. The number of aromatic amines is 1. The van der Waals surface area contributed by atoms with Gasteiger partial charge in [0.15, 0.2) is 23.7 Å². The number of amides is 2. The number of hydrogen-bond donors (Lipinski definition) is 4. The van der Waals surface area contributed by atoms with Crippen LogP contribution in [0.15, 0.2) is 67.1 Å². The molecule has 0 aliphatic carbocycles. The highest BCUT2D eigenvalue weighted by molar-refractivity contribution is 8.28. The highest BCUT2D eigenvalue weighted by Crippen LogP contribution is 2.34. The molecule has 6 rings (SSSR count). The lowest BCUT2D eigenvalue weighted by Gasteiger charge is -2.51. The molecule has 34 radical (unpaired) electrons. The van der Waals surface area contributed by atoms with E-state index in [4.69, 9.17) is 159 Å². The molecular weight excluding hydrogens is 958 g/mol. The van der Waals surface area contributed by atoms with Crippen molar-refractivity contribution in [2.75, 3.05) is 37.1 Å². The van der Waals surface area contributed by atoms with E-state index in [0.29, 0.717) is 30.3 Å². The summed E-state index contributed by atoms with van der Waals surface area (Å²) in [5, 5.41) is 24.5. The zero-order valence-corrected chi connectivity index (χ0v) is 43.4. The Morgan fingerprint density at radius 3 is 1.75 bits per heavy atom. The summed E-state index contributed by atoms with van der Waals surface area (Å²) in [5.41, 5.74) is 3.82. The quantitative estimate of drug-likeness (QED) is 0.0305. The van der Waals surface area contributed by atoms with Gasteiger partial charge in [-0.1, -0.05) is 18.2 Å². The molecule has 3 aromatic carbocycles. The van der Waals surface area contributed by atoms with Crippen molar-refractivity contribution in [1.29, 1.82) is 0 Å². The third-order valence-electron chi connectivity index (χ3n) is 12.8. The molecule has 0 saturated heterocycles. The number of H-pyrrole nitrogens is 1. The van der Waals surface area contributed by atoms with E-state index >= 15 is 0 Å². The van der Waals surface area contributed by atoms with E-state index in [1.54, 1.807) is 24.5 Å². The Bertz CT molecular complexity index is 2630. The van der Waals surface area contributed by atoms with E-state index in [1.165, 1.54) is 13.2 Å². The minimum absolute atomic E-state index is 0.0460. The van der Waals surface area contributed by atoms with Crippen molar-refractivity contribution in [3.8, 4) is 17.2 Å². The number of nitro benzene ring substituents is 1. The summed E-state index contributed by atoms with van der Waals surface area (Å²) >= 11 is 0.